The maximum Gasteiger partial charge on any atom is 0.252 e. The normalized spacial score (nSPS) is 15.9. The highest BCUT2D eigenvalue weighted by atomic mass is 16.5. The Kier molecular flexibility index (Phi) is 13.0. The van der Waals surface area contributed by atoms with Gasteiger partial charge in [-0.2, -0.15) is 0 Å². The molecular formula is C38H40N8O7. The summed E-state index contributed by atoms with van der Waals surface area (Å²) < 4.78 is 29.0. The van der Waals surface area contributed by atoms with Crippen molar-refractivity contribution in [3.05, 3.63) is 139 Å². The first-order valence-corrected chi connectivity index (χ1v) is 16.7. The average Bonchev–Trinajstić information content (AvgIpc) is 3.58. The Hall–Kier alpha value is -6.40. The fourth-order valence-corrected chi connectivity index (χ4v) is 6.16. The Balaban J connectivity index is 1.65. The molecule has 1 aliphatic rings. The predicted octanol–water partition coefficient (Wildman–Crippen LogP) is 6.91. The van der Waals surface area contributed by atoms with Gasteiger partial charge in [0.2, 0.25) is 11.6 Å². The zero-order valence-electron chi connectivity index (χ0n) is 29.6. The molecule has 0 saturated carbocycles. The molecule has 1 amide bonds. The molecule has 0 saturated heterocycles. The number of azide groups is 2. The summed E-state index contributed by atoms with van der Waals surface area (Å²) in [5.41, 5.74) is 20.7. The highest BCUT2D eigenvalue weighted by Crippen LogP contribution is 2.45. The molecule has 15 heteroatoms. The number of nitrogens with one attached hydrogen (secondary N) is 1. The van der Waals surface area contributed by atoms with E-state index in [2.05, 4.69) is 25.4 Å². The summed E-state index contributed by atoms with van der Waals surface area (Å²) >= 11 is 0. The van der Waals surface area contributed by atoms with Crippen molar-refractivity contribution in [2.45, 2.75) is 44.1 Å². The van der Waals surface area contributed by atoms with Crippen LogP contribution in [0.4, 0.5) is 0 Å². The smallest absolute Gasteiger partial charge is 0.252 e. The van der Waals surface area contributed by atoms with Crippen LogP contribution in [0, 0.1) is 0 Å². The van der Waals surface area contributed by atoms with Gasteiger partial charge in [-0.3, -0.25) is 4.79 Å². The SMILES string of the molecule is COc1cc(CNC(=O)[C@]2(Cc3ccccc3CN=[N+]=[N-])N=C(c3ccc(OCCCO)cc3)O[C@@H]2c2ccccc2CN=[N+]=[N-])cc(OC)c1OC. The van der Waals surface area contributed by atoms with Crippen molar-refractivity contribution >= 4 is 11.8 Å². The fraction of sp³-hybridized carbons (Fsp3) is 0.316. The van der Waals surface area contributed by atoms with E-state index in [1.807, 2.05) is 48.5 Å². The molecule has 2 N–H and O–H groups in total. The molecule has 4 aromatic carbocycles. The van der Waals surface area contributed by atoms with E-state index >= 15 is 0 Å². The molecule has 0 bridgehead atoms. The van der Waals surface area contributed by atoms with Gasteiger partial charge in [0.15, 0.2) is 23.1 Å². The largest absolute Gasteiger partial charge is 0.494 e. The van der Waals surface area contributed by atoms with Gasteiger partial charge in [0.05, 0.1) is 41.0 Å². The summed E-state index contributed by atoms with van der Waals surface area (Å²) in [7, 11) is 4.54. The van der Waals surface area contributed by atoms with Crippen LogP contribution in [0.25, 0.3) is 20.9 Å². The van der Waals surface area contributed by atoms with Crippen LogP contribution in [0.3, 0.4) is 0 Å². The molecule has 5 rings (SSSR count). The van der Waals surface area contributed by atoms with E-state index in [1.165, 1.54) is 21.3 Å². The molecule has 1 heterocycles. The Morgan fingerprint density at radius 1 is 0.887 bits per heavy atom. The van der Waals surface area contributed by atoms with Crippen LogP contribution in [0.2, 0.25) is 0 Å². The van der Waals surface area contributed by atoms with E-state index in [0.717, 1.165) is 11.1 Å². The lowest BCUT2D eigenvalue weighted by atomic mass is 9.79. The van der Waals surface area contributed by atoms with Crippen LogP contribution in [0.1, 0.15) is 45.9 Å². The molecule has 0 radical (unpaired) electrons. The minimum absolute atomic E-state index is 0.0123. The summed E-state index contributed by atoms with van der Waals surface area (Å²) in [6.07, 6.45) is -0.448. The number of aliphatic hydroxyl groups is 1. The van der Waals surface area contributed by atoms with Crippen molar-refractivity contribution in [3.63, 3.8) is 0 Å². The average molecular weight is 721 g/mol. The Morgan fingerprint density at radius 2 is 1.51 bits per heavy atom. The van der Waals surface area contributed by atoms with Crippen molar-refractivity contribution in [1.29, 1.82) is 0 Å². The van der Waals surface area contributed by atoms with Crippen LogP contribution >= 0.6 is 0 Å². The number of hydrogen-bond donors (Lipinski definition) is 2. The minimum Gasteiger partial charge on any atom is -0.494 e. The maximum atomic E-state index is 15.0. The van der Waals surface area contributed by atoms with E-state index in [9.17, 15) is 10.3 Å². The molecule has 0 aromatic heterocycles. The first-order valence-electron chi connectivity index (χ1n) is 16.7. The van der Waals surface area contributed by atoms with Gasteiger partial charge in [-0.15, -0.1) is 0 Å². The van der Waals surface area contributed by atoms with Gasteiger partial charge >= 0.3 is 0 Å². The molecule has 0 spiro atoms. The zero-order valence-corrected chi connectivity index (χ0v) is 29.6. The van der Waals surface area contributed by atoms with E-state index in [0.29, 0.717) is 58.3 Å². The lowest BCUT2D eigenvalue weighted by Gasteiger charge is -2.32. The fourth-order valence-electron chi connectivity index (χ4n) is 6.16. The molecule has 2 atom stereocenters. The van der Waals surface area contributed by atoms with Gasteiger partial charge in [-0.25, -0.2) is 4.99 Å². The maximum absolute atomic E-state index is 15.0. The lowest BCUT2D eigenvalue weighted by molar-refractivity contribution is -0.129. The molecule has 274 valence electrons. The Bertz CT molecular complexity index is 2000. The molecule has 0 unspecified atom stereocenters. The number of aliphatic hydroxyl groups excluding tert-OH is 1. The third-order valence-electron chi connectivity index (χ3n) is 8.73. The second-order valence-electron chi connectivity index (χ2n) is 11.9. The van der Waals surface area contributed by atoms with Crippen molar-refractivity contribution in [3.8, 4) is 23.0 Å². The second-order valence-corrected chi connectivity index (χ2v) is 11.9. The van der Waals surface area contributed by atoms with Gasteiger partial charge in [0.25, 0.3) is 5.91 Å². The molecule has 1 aliphatic heterocycles. The number of nitrogens with zero attached hydrogens (tertiary/aromatic N) is 7. The van der Waals surface area contributed by atoms with Crippen LogP contribution in [0.15, 0.2) is 100 Å². The number of methoxy groups -OCH3 is 3. The van der Waals surface area contributed by atoms with E-state index in [1.54, 1.807) is 36.4 Å². The van der Waals surface area contributed by atoms with Crippen molar-refractivity contribution in [1.82, 2.24) is 5.32 Å². The topological polar surface area (TPSA) is 205 Å². The van der Waals surface area contributed by atoms with Crippen molar-refractivity contribution in [2.75, 3.05) is 34.5 Å². The zero-order chi connectivity index (χ0) is 37.6. The number of carbonyl (C=O) groups excluding carboxylic acids is 1. The van der Waals surface area contributed by atoms with Gasteiger partial charge in [-0.05, 0) is 75.3 Å². The molecule has 53 heavy (non-hydrogen) atoms. The highest BCUT2D eigenvalue weighted by molar-refractivity contribution is 6.01. The third kappa shape index (κ3) is 8.74. The number of amides is 1. The van der Waals surface area contributed by atoms with Crippen LogP contribution in [-0.4, -0.2) is 57.0 Å². The van der Waals surface area contributed by atoms with Crippen LogP contribution in [0.5, 0.6) is 23.0 Å². The highest BCUT2D eigenvalue weighted by Gasteiger charge is 2.54. The minimum atomic E-state index is -1.62. The molecule has 0 aliphatic carbocycles. The number of benzene rings is 4. The Morgan fingerprint density at radius 3 is 2.13 bits per heavy atom. The summed E-state index contributed by atoms with van der Waals surface area (Å²) in [6.45, 7) is 0.500. The van der Waals surface area contributed by atoms with Gasteiger partial charge < -0.3 is 34.1 Å². The number of carbonyl (C=O) groups is 1. The summed E-state index contributed by atoms with van der Waals surface area (Å²) in [4.78, 5) is 26.0. The first-order chi connectivity index (χ1) is 25.9. The van der Waals surface area contributed by atoms with Gasteiger partial charge in [-0.1, -0.05) is 58.8 Å². The summed E-state index contributed by atoms with van der Waals surface area (Å²) in [5, 5.41) is 19.9. The standard InChI is InChI=1S/C38H40N8O7/c1-49-32-19-25(20-33(50-2)34(32)51-3)22-41-37(48)38(21-27-9-4-5-10-28(27)23-42-45-39)35(31-12-7-6-11-29(31)24-43-46-40)53-36(44-38)26-13-15-30(16-14-26)52-18-8-17-47/h4-7,9-16,19-20,35,47H,8,17-18,21-24H2,1-3H3,(H,41,48)/t35-,38-/m1/s1. The third-order valence-corrected chi connectivity index (χ3v) is 8.73. The second kappa shape index (κ2) is 18.2. The Labute approximate surface area is 306 Å². The molecule has 0 fully saturated rings. The van der Waals surface area contributed by atoms with Gasteiger partial charge in [0.1, 0.15) is 5.75 Å². The number of aliphatic imine (C=N–C) groups is 1. The van der Waals surface area contributed by atoms with Crippen molar-refractivity contribution in [2.24, 2.45) is 15.2 Å². The van der Waals surface area contributed by atoms with Gasteiger partial charge in [0, 0.05) is 41.4 Å². The van der Waals surface area contributed by atoms with E-state index in [4.69, 9.17) is 39.3 Å². The van der Waals surface area contributed by atoms with Crippen LogP contribution in [-0.2, 0) is 35.6 Å². The molecular weight excluding hydrogens is 680 g/mol. The van der Waals surface area contributed by atoms with Crippen LogP contribution < -0.4 is 24.3 Å². The first kappa shape index (κ1) is 37.8. The van der Waals surface area contributed by atoms with E-state index in [-0.39, 0.29) is 38.6 Å². The lowest BCUT2D eigenvalue weighted by Crippen LogP contribution is -2.50. The quantitative estimate of drug-likeness (QED) is 0.0480. The van der Waals surface area contributed by atoms with E-state index < -0.39 is 17.6 Å². The monoisotopic (exact) mass is 720 g/mol. The number of hydrogen-bond acceptors (Lipinski definition) is 10. The molecule has 4 aromatic rings. The summed E-state index contributed by atoms with van der Waals surface area (Å²) in [6, 6.07) is 25.3. The van der Waals surface area contributed by atoms with Crippen molar-refractivity contribution < 1.29 is 33.6 Å². The number of ether oxygens (including phenoxy) is 5. The molecule has 15 nitrogen and oxygen atoms in total. The number of rotatable bonds is 18. The predicted molar refractivity (Wildman–Crippen MR) is 197 cm³/mol. The summed E-state index contributed by atoms with van der Waals surface area (Å²) in [5.74, 6) is 1.63.